The zero-order valence-corrected chi connectivity index (χ0v) is 38.4. The molecule has 11 nitrogen and oxygen atoms in total. The van der Waals surface area contributed by atoms with Gasteiger partial charge in [0.1, 0.15) is 12.7 Å². The molecule has 1 aliphatic heterocycles. The number of hydrogen-bond donors (Lipinski definition) is 3. The van der Waals surface area contributed by atoms with Crippen molar-refractivity contribution < 1.29 is 52.5 Å². The summed E-state index contributed by atoms with van der Waals surface area (Å²) in [5, 5.41) is 18.4. The number of esters is 2. The second kappa shape index (κ2) is 38.3. The molecule has 0 aromatic heterocycles. The van der Waals surface area contributed by atoms with Gasteiger partial charge in [0.2, 0.25) is 0 Å². The van der Waals surface area contributed by atoms with Crippen molar-refractivity contribution in [1.29, 1.82) is 0 Å². The van der Waals surface area contributed by atoms with E-state index < -0.39 is 51.8 Å². The SMILES string of the molecule is CC/C=C\CC1OC1C/C=C\C/C=C\C/C=C\C/C=C\CCC(=O)OC[C@H](COP(=O)(O)OC[C@@H](O)CO)OC(=O)CCCCCCCCCCCCCCCCC(C)C. The average molecular weight is 867 g/mol. The highest BCUT2D eigenvalue weighted by Gasteiger charge is 2.36. The summed E-state index contributed by atoms with van der Waals surface area (Å²) in [6.45, 7) is 4.51. The van der Waals surface area contributed by atoms with Gasteiger partial charge in [-0.3, -0.25) is 18.6 Å². The van der Waals surface area contributed by atoms with Gasteiger partial charge in [-0.15, -0.1) is 0 Å². The van der Waals surface area contributed by atoms with E-state index in [2.05, 4.69) is 73.9 Å². The van der Waals surface area contributed by atoms with Crippen molar-refractivity contribution in [1.82, 2.24) is 0 Å². The molecule has 0 aromatic carbocycles. The summed E-state index contributed by atoms with van der Waals surface area (Å²) >= 11 is 0. The van der Waals surface area contributed by atoms with Crippen LogP contribution in [0.5, 0.6) is 0 Å². The van der Waals surface area contributed by atoms with E-state index in [-0.39, 0.29) is 19.4 Å². The summed E-state index contributed by atoms with van der Waals surface area (Å²) in [6, 6.07) is 0. The minimum absolute atomic E-state index is 0.112. The molecule has 1 saturated heterocycles. The van der Waals surface area contributed by atoms with Crippen molar-refractivity contribution in [2.75, 3.05) is 26.4 Å². The maximum atomic E-state index is 12.6. The maximum absolute atomic E-state index is 12.6. The second-order valence-corrected chi connectivity index (χ2v) is 17.7. The molecule has 1 rings (SSSR count). The summed E-state index contributed by atoms with van der Waals surface area (Å²) in [7, 11) is -4.64. The first-order valence-corrected chi connectivity index (χ1v) is 24.7. The predicted octanol–water partition coefficient (Wildman–Crippen LogP) is 11.5. The summed E-state index contributed by atoms with van der Waals surface area (Å²) in [5.74, 6) is -0.210. The maximum Gasteiger partial charge on any atom is 0.472 e. The van der Waals surface area contributed by atoms with Crippen LogP contribution in [0.3, 0.4) is 0 Å². The molecule has 3 unspecified atom stereocenters. The molecular weight excluding hydrogens is 783 g/mol. The lowest BCUT2D eigenvalue weighted by molar-refractivity contribution is -0.161. The number of aliphatic hydroxyl groups excluding tert-OH is 2. The number of rotatable bonds is 41. The highest BCUT2D eigenvalue weighted by Crippen LogP contribution is 2.43. The average Bonchev–Trinajstić information content (AvgIpc) is 3.98. The molecule has 0 amide bonds. The van der Waals surface area contributed by atoms with Gasteiger partial charge in [-0.2, -0.15) is 0 Å². The molecule has 1 fully saturated rings. The Bertz CT molecular complexity index is 1260. The van der Waals surface area contributed by atoms with Crippen molar-refractivity contribution in [2.45, 2.75) is 199 Å². The lowest BCUT2D eigenvalue weighted by Gasteiger charge is -2.20. The monoisotopic (exact) mass is 867 g/mol. The number of unbranched alkanes of at least 4 members (excludes halogenated alkanes) is 13. The Balaban J connectivity index is 2.26. The Hall–Kier alpha value is -2.37. The largest absolute Gasteiger partial charge is 0.472 e. The molecule has 1 heterocycles. The molecular formula is C48H83O11P. The van der Waals surface area contributed by atoms with Crippen LogP contribution in [0.15, 0.2) is 60.8 Å². The third kappa shape index (κ3) is 36.3. The third-order valence-corrected chi connectivity index (χ3v) is 11.0. The van der Waals surface area contributed by atoms with Crippen LogP contribution in [0.2, 0.25) is 0 Å². The molecule has 0 aliphatic carbocycles. The van der Waals surface area contributed by atoms with Gasteiger partial charge in [0.05, 0.1) is 32.0 Å². The molecule has 0 radical (unpaired) electrons. The quantitative estimate of drug-likeness (QED) is 0.0176. The number of phosphoric acid groups is 1. The third-order valence-electron chi connectivity index (χ3n) is 10.0. The van der Waals surface area contributed by atoms with E-state index in [1.807, 2.05) is 12.2 Å². The topological polar surface area (TPSA) is 161 Å². The fourth-order valence-corrected chi connectivity index (χ4v) is 7.15. The highest BCUT2D eigenvalue weighted by atomic mass is 31.2. The van der Waals surface area contributed by atoms with Crippen molar-refractivity contribution >= 4 is 19.8 Å². The van der Waals surface area contributed by atoms with Gasteiger partial charge in [0, 0.05) is 12.8 Å². The zero-order valence-electron chi connectivity index (χ0n) is 37.5. The number of hydrogen-bond acceptors (Lipinski definition) is 10. The number of phosphoric ester groups is 1. The van der Waals surface area contributed by atoms with E-state index in [4.69, 9.17) is 23.8 Å². The van der Waals surface area contributed by atoms with Crippen LogP contribution in [0.4, 0.5) is 0 Å². The lowest BCUT2D eigenvalue weighted by Crippen LogP contribution is -2.29. The van der Waals surface area contributed by atoms with E-state index in [9.17, 15) is 24.2 Å². The predicted molar refractivity (Wildman–Crippen MR) is 241 cm³/mol. The van der Waals surface area contributed by atoms with E-state index in [0.717, 1.165) is 63.7 Å². The van der Waals surface area contributed by atoms with E-state index in [1.165, 1.54) is 70.6 Å². The number of epoxide rings is 1. The normalized spacial score (nSPS) is 17.8. The highest BCUT2D eigenvalue weighted by molar-refractivity contribution is 7.47. The van der Waals surface area contributed by atoms with Crippen LogP contribution in [0.25, 0.3) is 0 Å². The number of aliphatic hydroxyl groups is 2. The number of carbonyl (C=O) groups excluding carboxylic acids is 2. The molecule has 0 spiro atoms. The molecule has 60 heavy (non-hydrogen) atoms. The number of carbonyl (C=O) groups is 2. The minimum atomic E-state index is -4.64. The summed E-state index contributed by atoms with van der Waals surface area (Å²) in [4.78, 5) is 35.0. The van der Waals surface area contributed by atoms with Gasteiger partial charge in [-0.25, -0.2) is 4.57 Å². The van der Waals surface area contributed by atoms with Gasteiger partial charge in [0.15, 0.2) is 6.10 Å². The summed E-state index contributed by atoms with van der Waals surface area (Å²) in [6.07, 6.45) is 43.9. The van der Waals surface area contributed by atoms with Gasteiger partial charge in [-0.1, -0.05) is 171 Å². The van der Waals surface area contributed by atoms with Crippen molar-refractivity contribution in [3.8, 4) is 0 Å². The fraction of sp³-hybridized carbons (Fsp3) is 0.750. The molecule has 0 bridgehead atoms. The second-order valence-electron chi connectivity index (χ2n) is 16.3. The van der Waals surface area contributed by atoms with Crippen LogP contribution in [-0.4, -0.2) is 77.9 Å². The Morgan fingerprint density at radius 2 is 1.12 bits per heavy atom. The van der Waals surface area contributed by atoms with Gasteiger partial charge in [-0.05, 0) is 57.3 Å². The summed E-state index contributed by atoms with van der Waals surface area (Å²) in [5.41, 5.74) is 0. The Kier molecular flexibility index (Phi) is 35.5. The number of ether oxygens (including phenoxy) is 3. The minimum Gasteiger partial charge on any atom is -0.462 e. The molecule has 1 aliphatic rings. The molecule has 5 atom stereocenters. The Morgan fingerprint density at radius 1 is 0.633 bits per heavy atom. The molecule has 0 saturated carbocycles. The van der Waals surface area contributed by atoms with Crippen molar-refractivity contribution in [3.05, 3.63) is 60.8 Å². The van der Waals surface area contributed by atoms with Gasteiger partial charge in [0.25, 0.3) is 0 Å². The first-order valence-electron chi connectivity index (χ1n) is 23.2. The van der Waals surface area contributed by atoms with Crippen LogP contribution < -0.4 is 0 Å². The molecule has 0 aromatic rings. The molecule has 3 N–H and O–H groups in total. The lowest BCUT2D eigenvalue weighted by atomic mass is 10.0. The Morgan fingerprint density at radius 3 is 1.65 bits per heavy atom. The van der Waals surface area contributed by atoms with Gasteiger partial charge < -0.3 is 29.3 Å². The van der Waals surface area contributed by atoms with Gasteiger partial charge >= 0.3 is 19.8 Å². The smallest absolute Gasteiger partial charge is 0.462 e. The molecule has 346 valence electrons. The van der Waals surface area contributed by atoms with Crippen molar-refractivity contribution in [2.24, 2.45) is 5.92 Å². The first-order chi connectivity index (χ1) is 29.1. The fourth-order valence-electron chi connectivity index (χ4n) is 6.36. The van der Waals surface area contributed by atoms with Crippen LogP contribution in [-0.2, 0) is 37.4 Å². The standard InChI is InChI=1S/C48H83O11P/c1-4-5-28-34-45-46(59-45)35-30-25-21-17-13-10-11-14-18-22-26-31-36-47(51)55-40-44(41-57-60(53,54)56-39-43(50)38-49)58-48(52)37-32-27-23-19-15-9-7-6-8-12-16-20-24-29-33-42(2)3/h5,11,13-14,17,22,25-26,28,30,42-46,49-50H,4,6-10,12,15-16,18-21,23-24,27,29,31-41H2,1-3H3,(H,53,54)/b14-11-,17-13-,26-22-,28-5-,30-25-/t43-,44+,45?,46?/m0/s1. The van der Waals surface area contributed by atoms with Crippen LogP contribution in [0.1, 0.15) is 175 Å². The zero-order chi connectivity index (χ0) is 43.9. The van der Waals surface area contributed by atoms with Crippen LogP contribution in [0, 0.1) is 5.92 Å². The van der Waals surface area contributed by atoms with E-state index in [0.29, 0.717) is 25.0 Å². The van der Waals surface area contributed by atoms with E-state index >= 15 is 0 Å². The van der Waals surface area contributed by atoms with Crippen molar-refractivity contribution in [3.63, 3.8) is 0 Å². The summed E-state index contributed by atoms with van der Waals surface area (Å²) < 4.78 is 38.4. The number of allylic oxidation sites excluding steroid dienone is 8. The van der Waals surface area contributed by atoms with E-state index in [1.54, 1.807) is 0 Å². The molecule has 12 heteroatoms. The first kappa shape index (κ1) is 55.6. The van der Waals surface area contributed by atoms with Crippen LogP contribution >= 0.6 is 7.82 Å². The Labute approximate surface area is 363 Å².